The Hall–Kier alpha value is -3.43. The van der Waals surface area contributed by atoms with E-state index in [0.29, 0.717) is 15.0 Å². The lowest BCUT2D eigenvalue weighted by atomic mass is 10.1. The van der Waals surface area contributed by atoms with Gasteiger partial charge in [-0.25, -0.2) is 4.98 Å². The minimum Gasteiger partial charge on any atom is -0.496 e. The molecule has 4 rings (SSSR count). The fourth-order valence-electron chi connectivity index (χ4n) is 2.98. The number of nitrogens with zero attached hydrogens (tertiary/aromatic N) is 1. The van der Waals surface area contributed by atoms with Crippen LogP contribution < -0.4 is 15.4 Å². The van der Waals surface area contributed by atoms with E-state index in [2.05, 4.69) is 15.6 Å². The van der Waals surface area contributed by atoms with Crippen molar-refractivity contribution < 1.29 is 18.7 Å². The molecule has 3 aromatic heterocycles. The number of hydrogen-bond acceptors (Lipinski definition) is 7. The molecular formula is C22H19N3O4S2. The fourth-order valence-corrected chi connectivity index (χ4v) is 4.65. The molecule has 31 heavy (non-hydrogen) atoms. The van der Waals surface area contributed by atoms with E-state index in [0.717, 1.165) is 28.1 Å². The topological polar surface area (TPSA) is 93.5 Å². The van der Waals surface area contributed by atoms with Gasteiger partial charge in [0, 0.05) is 10.9 Å². The third-order valence-electron chi connectivity index (χ3n) is 4.46. The SMILES string of the molecule is COc1ccc(C)cc1-c1csc(NC(=O)c2sc(NC(=O)c3ccco3)cc2C)n1. The van der Waals surface area contributed by atoms with Gasteiger partial charge in [0.1, 0.15) is 5.75 Å². The summed E-state index contributed by atoms with van der Waals surface area (Å²) < 4.78 is 10.5. The Balaban J connectivity index is 1.49. The van der Waals surface area contributed by atoms with Gasteiger partial charge in [-0.2, -0.15) is 0 Å². The zero-order chi connectivity index (χ0) is 22.0. The zero-order valence-corrected chi connectivity index (χ0v) is 18.6. The first-order valence-electron chi connectivity index (χ1n) is 9.32. The van der Waals surface area contributed by atoms with Crippen molar-refractivity contribution in [3.8, 4) is 17.0 Å². The number of hydrogen-bond donors (Lipinski definition) is 2. The van der Waals surface area contributed by atoms with Crippen molar-refractivity contribution in [2.75, 3.05) is 17.7 Å². The van der Waals surface area contributed by atoms with Gasteiger partial charge in [0.2, 0.25) is 0 Å². The highest BCUT2D eigenvalue weighted by Crippen LogP contribution is 2.34. The molecule has 2 N–H and O–H groups in total. The molecule has 0 radical (unpaired) electrons. The summed E-state index contributed by atoms with van der Waals surface area (Å²) in [6.45, 7) is 3.82. The molecule has 3 heterocycles. The Labute approximate surface area is 186 Å². The largest absolute Gasteiger partial charge is 0.496 e. The van der Waals surface area contributed by atoms with Crippen molar-refractivity contribution in [2.24, 2.45) is 0 Å². The molecule has 0 saturated heterocycles. The standard InChI is InChI=1S/C22H19N3O4S2/c1-12-6-7-16(28-3)14(9-12)15-11-30-22(23-15)25-21(27)19-13(2)10-18(31-19)24-20(26)17-5-4-8-29-17/h4-11H,1-3H3,(H,24,26)(H,23,25,27). The molecule has 0 aliphatic rings. The van der Waals surface area contributed by atoms with E-state index >= 15 is 0 Å². The summed E-state index contributed by atoms with van der Waals surface area (Å²) in [4.78, 5) is 30.0. The number of nitrogens with one attached hydrogen (secondary N) is 2. The monoisotopic (exact) mass is 453 g/mol. The maximum absolute atomic E-state index is 12.8. The average Bonchev–Trinajstić information content (AvgIpc) is 3.49. The van der Waals surface area contributed by atoms with Gasteiger partial charge >= 0.3 is 0 Å². The summed E-state index contributed by atoms with van der Waals surface area (Å²) in [5, 5.41) is 8.51. The summed E-state index contributed by atoms with van der Waals surface area (Å²) >= 11 is 2.53. The minimum atomic E-state index is -0.366. The van der Waals surface area contributed by atoms with Gasteiger partial charge in [0.05, 0.1) is 28.9 Å². The van der Waals surface area contributed by atoms with E-state index in [1.54, 1.807) is 25.3 Å². The maximum Gasteiger partial charge on any atom is 0.291 e. The lowest BCUT2D eigenvalue weighted by Crippen LogP contribution is -2.11. The molecule has 0 fully saturated rings. The first kappa shape index (κ1) is 20.8. The second-order valence-corrected chi connectivity index (χ2v) is 8.66. The van der Waals surface area contributed by atoms with Gasteiger partial charge in [-0.1, -0.05) is 11.6 Å². The van der Waals surface area contributed by atoms with Crippen LogP contribution in [0.15, 0.2) is 52.5 Å². The Morgan fingerprint density at radius 3 is 2.68 bits per heavy atom. The van der Waals surface area contributed by atoms with Crippen LogP contribution in [-0.2, 0) is 0 Å². The van der Waals surface area contributed by atoms with Crippen LogP contribution in [0.2, 0.25) is 0 Å². The number of thiophene rings is 1. The number of benzene rings is 1. The predicted molar refractivity (Wildman–Crippen MR) is 123 cm³/mol. The third kappa shape index (κ3) is 4.52. The number of anilines is 2. The van der Waals surface area contributed by atoms with Crippen molar-refractivity contribution in [1.29, 1.82) is 0 Å². The number of carbonyl (C=O) groups is 2. The molecule has 0 aliphatic carbocycles. The smallest absolute Gasteiger partial charge is 0.291 e. The van der Waals surface area contributed by atoms with E-state index in [1.165, 1.54) is 28.9 Å². The van der Waals surface area contributed by atoms with E-state index in [9.17, 15) is 9.59 Å². The normalized spacial score (nSPS) is 10.7. The Morgan fingerprint density at radius 1 is 1.10 bits per heavy atom. The highest BCUT2D eigenvalue weighted by atomic mass is 32.1. The number of aromatic nitrogens is 1. The second-order valence-electron chi connectivity index (χ2n) is 6.75. The molecule has 0 saturated carbocycles. The van der Waals surface area contributed by atoms with Crippen molar-refractivity contribution in [2.45, 2.75) is 13.8 Å². The zero-order valence-electron chi connectivity index (χ0n) is 17.0. The molecule has 2 amide bonds. The predicted octanol–water partition coefficient (Wildman–Crippen LogP) is 5.59. The fraction of sp³-hybridized carbons (Fsp3) is 0.136. The van der Waals surface area contributed by atoms with Crippen LogP contribution in [0.25, 0.3) is 11.3 Å². The molecule has 7 nitrogen and oxygen atoms in total. The van der Waals surface area contributed by atoms with Crippen LogP contribution in [0.4, 0.5) is 10.1 Å². The molecule has 0 aliphatic heterocycles. The number of furan rings is 1. The molecule has 9 heteroatoms. The number of carbonyl (C=O) groups excluding carboxylic acids is 2. The minimum absolute atomic E-state index is 0.207. The summed E-state index contributed by atoms with van der Waals surface area (Å²) in [6.07, 6.45) is 1.43. The van der Waals surface area contributed by atoms with Crippen molar-refractivity contribution >= 4 is 44.6 Å². The molecular weight excluding hydrogens is 434 g/mol. The van der Waals surface area contributed by atoms with Gasteiger partial charge in [-0.3, -0.25) is 14.9 Å². The van der Waals surface area contributed by atoms with Crippen LogP contribution in [0.3, 0.4) is 0 Å². The Bertz CT molecular complexity index is 1240. The van der Waals surface area contributed by atoms with Crippen LogP contribution in [0.5, 0.6) is 5.75 Å². The van der Waals surface area contributed by atoms with E-state index in [4.69, 9.17) is 9.15 Å². The summed E-state index contributed by atoms with van der Waals surface area (Å²) in [7, 11) is 1.62. The average molecular weight is 454 g/mol. The summed E-state index contributed by atoms with van der Waals surface area (Å²) in [5.74, 6) is 0.284. The van der Waals surface area contributed by atoms with Gasteiger partial charge in [0.15, 0.2) is 10.9 Å². The van der Waals surface area contributed by atoms with Crippen LogP contribution in [-0.4, -0.2) is 23.9 Å². The van der Waals surface area contributed by atoms with Crippen LogP contribution in [0, 0.1) is 13.8 Å². The molecule has 0 unspecified atom stereocenters. The van der Waals surface area contributed by atoms with Crippen molar-refractivity contribution in [3.05, 3.63) is 69.8 Å². The quantitative estimate of drug-likeness (QED) is 0.397. The number of aryl methyl sites for hydroxylation is 2. The van der Waals surface area contributed by atoms with Crippen molar-refractivity contribution in [1.82, 2.24) is 4.98 Å². The number of methoxy groups -OCH3 is 1. The number of ether oxygens (including phenoxy) is 1. The summed E-state index contributed by atoms with van der Waals surface area (Å²) in [6, 6.07) is 10.8. The highest BCUT2D eigenvalue weighted by molar-refractivity contribution is 7.18. The van der Waals surface area contributed by atoms with Gasteiger partial charge in [0.25, 0.3) is 11.8 Å². The second kappa shape index (κ2) is 8.75. The lowest BCUT2D eigenvalue weighted by Gasteiger charge is -2.07. The first-order valence-corrected chi connectivity index (χ1v) is 11.0. The molecule has 4 aromatic rings. The number of amides is 2. The number of thiazole rings is 1. The molecule has 0 bridgehead atoms. The van der Waals surface area contributed by atoms with Crippen LogP contribution in [0.1, 0.15) is 31.4 Å². The summed E-state index contributed by atoms with van der Waals surface area (Å²) in [5.41, 5.74) is 3.45. The van der Waals surface area contributed by atoms with Gasteiger partial charge < -0.3 is 14.5 Å². The van der Waals surface area contributed by atoms with E-state index in [1.807, 2.05) is 37.4 Å². The number of rotatable bonds is 6. The molecule has 0 spiro atoms. The Morgan fingerprint density at radius 2 is 1.94 bits per heavy atom. The third-order valence-corrected chi connectivity index (χ3v) is 6.37. The van der Waals surface area contributed by atoms with Crippen molar-refractivity contribution in [3.63, 3.8) is 0 Å². The maximum atomic E-state index is 12.8. The van der Waals surface area contributed by atoms with E-state index in [-0.39, 0.29) is 17.6 Å². The van der Waals surface area contributed by atoms with Crippen LogP contribution >= 0.6 is 22.7 Å². The first-order chi connectivity index (χ1) is 14.9. The highest BCUT2D eigenvalue weighted by Gasteiger charge is 2.18. The lowest BCUT2D eigenvalue weighted by molar-refractivity contribution is 0.0995. The molecule has 158 valence electrons. The van der Waals surface area contributed by atoms with Gasteiger partial charge in [-0.15, -0.1) is 22.7 Å². The Kier molecular flexibility index (Phi) is 5.88. The van der Waals surface area contributed by atoms with Gasteiger partial charge in [-0.05, 0) is 49.7 Å². The molecule has 0 atom stereocenters. The van der Waals surface area contributed by atoms with E-state index < -0.39 is 0 Å². The molecule has 1 aromatic carbocycles.